The lowest BCUT2D eigenvalue weighted by Gasteiger charge is -2.21. The van der Waals surface area contributed by atoms with Crippen molar-refractivity contribution in [2.24, 2.45) is 0 Å². The highest BCUT2D eigenvalue weighted by Crippen LogP contribution is 2.30. The highest BCUT2D eigenvalue weighted by molar-refractivity contribution is 9.10. The van der Waals surface area contributed by atoms with Crippen LogP contribution in [0.3, 0.4) is 0 Å². The number of hydrogen-bond acceptors (Lipinski definition) is 1. The van der Waals surface area contributed by atoms with E-state index in [2.05, 4.69) is 22.9 Å². The van der Waals surface area contributed by atoms with E-state index in [1.807, 2.05) is 6.92 Å². The first-order valence-electron chi connectivity index (χ1n) is 4.49. The molecule has 2 nitrogen and oxygen atoms in total. The number of hydrogen-bond donors (Lipinski definition) is 1. The Bertz CT molecular complexity index is 147. The van der Waals surface area contributed by atoms with Crippen LogP contribution in [-0.4, -0.2) is 15.4 Å². The fraction of sp³-hybridized carbons (Fsp3) is 0.889. The van der Waals surface area contributed by atoms with Crippen LogP contribution in [0.25, 0.3) is 0 Å². The van der Waals surface area contributed by atoms with Crippen molar-refractivity contribution >= 4 is 21.9 Å². The molecule has 0 aliphatic heterocycles. The lowest BCUT2D eigenvalue weighted by atomic mass is 9.97. The lowest BCUT2D eigenvalue weighted by Crippen LogP contribution is -2.31. The molecule has 1 N–H and O–H groups in total. The van der Waals surface area contributed by atoms with Gasteiger partial charge in [0.25, 0.3) is 0 Å². The van der Waals surface area contributed by atoms with Crippen molar-refractivity contribution in [3.63, 3.8) is 0 Å². The highest BCUT2D eigenvalue weighted by Gasteiger charge is 2.33. The molecule has 0 heterocycles. The molecule has 0 spiro atoms. The largest absolute Gasteiger partial charge is 0.480 e. The van der Waals surface area contributed by atoms with Crippen LogP contribution < -0.4 is 0 Å². The van der Waals surface area contributed by atoms with Gasteiger partial charge in [-0.3, -0.25) is 4.79 Å². The average Bonchev–Trinajstić information content (AvgIpc) is 2.01. The zero-order valence-electron chi connectivity index (χ0n) is 7.77. The number of unbranched alkanes of at least 4 members (excludes halogenated alkanes) is 1. The predicted molar refractivity (Wildman–Crippen MR) is 53.7 cm³/mol. The zero-order chi connectivity index (χ0) is 9.61. The van der Waals surface area contributed by atoms with Gasteiger partial charge in [-0.15, -0.1) is 0 Å². The SMILES string of the molecule is CCCCC(Br)(CCC)C(=O)O. The van der Waals surface area contributed by atoms with Crippen molar-refractivity contribution in [2.75, 3.05) is 0 Å². The first-order valence-corrected chi connectivity index (χ1v) is 5.28. The third kappa shape index (κ3) is 3.57. The van der Waals surface area contributed by atoms with Gasteiger partial charge in [-0.25, -0.2) is 0 Å². The molecular weight excluding hydrogens is 220 g/mol. The Balaban J connectivity index is 4.08. The summed E-state index contributed by atoms with van der Waals surface area (Å²) in [6, 6.07) is 0. The molecule has 0 aromatic carbocycles. The molecule has 72 valence electrons. The topological polar surface area (TPSA) is 37.3 Å². The molecule has 0 aromatic rings. The van der Waals surface area contributed by atoms with Crippen molar-refractivity contribution in [1.82, 2.24) is 0 Å². The van der Waals surface area contributed by atoms with Gasteiger partial charge in [0, 0.05) is 0 Å². The summed E-state index contributed by atoms with van der Waals surface area (Å²) in [5, 5.41) is 8.94. The van der Waals surface area contributed by atoms with Crippen molar-refractivity contribution < 1.29 is 9.90 Å². The quantitative estimate of drug-likeness (QED) is 0.720. The number of halogens is 1. The summed E-state index contributed by atoms with van der Waals surface area (Å²) < 4.78 is -0.669. The predicted octanol–water partition coefficient (Wildman–Crippen LogP) is 3.20. The van der Waals surface area contributed by atoms with Crippen LogP contribution in [-0.2, 0) is 4.79 Å². The molecule has 0 aliphatic carbocycles. The van der Waals surface area contributed by atoms with E-state index in [-0.39, 0.29) is 0 Å². The van der Waals surface area contributed by atoms with Gasteiger partial charge in [0.2, 0.25) is 0 Å². The molecule has 0 aromatic heterocycles. The molecule has 12 heavy (non-hydrogen) atoms. The minimum atomic E-state index is -0.724. The average molecular weight is 237 g/mol. The Hall–Kier alpha value is -0.0500. The highest BCUT2D eigenvalue weighted by atomic mass is 79.9. The van der Waals surface area contributed by atoms with Crippen LogP contribution in [0.2, 0.25) is 0 Å². The Kier molecular flexibility index (Phi) is 5.55. The number of carboxylic acid groups (broad SMARTS) is 1. The second kappa shape index (κ2) is 5.57. The molecule has 0 saturated heterocycles. The van der Waals surface area contributed by atoms with E-state index in [0.29, 0.717) is 6.42 Å². The molecule has 1 unspecified atom stereocenters. The number of alkyl halides is 1. The van der Waals surface area contributed by atoms with Crippen LogP contribution in [0.1, 0.15) is 46.0 Å². The molecule has 3 heteroatoms. The van der Waals surface area contributed by atoms with Crippen molar-refractivity contribution in [2.45, 2.75) is 50.3 Å². The molecule has 0 aliphatic rings. The monoisotopic (exact) mass is 236 g/mol. The Labute approximate surface area is 82.5 Å². The van der Waals surface area contributed by atoms with E-state index in [4.69, 9.17) is 5.11 Å². The summed E-state index contributed by atoms with van der Waals surface area (Å²) in [4.78, 5) is 10.9. The second-order valence-electron chi connectivity index (χ2n) is 3.12. The van der Waals surface area contributed by atoms with E-state index < -0.39 is 10.3 Å². The normalized spacial score (nSPS) is 15.6. The molecule has 0 amide bonds. The molecule has 1 atom stereocenters. The Morgan fingerprint density at radius 3 is 2.25 bits per heavy atom. The maximum atomic E-state index is 10.9. The molecular formula is C9H17BrO2. The van der Waals surface area contributed by atoms with Crippen molar-refractivity contribution in [1.29, 1.82) is 0 Å². The molecule has 0 bridgehead atoms. The maximum absolute atomic E-state index is 10.9. The van der Waals surface area contributed by atoms with Crippen molar-refractivity contribution in [3.05, 3.63) is 0 Å². The van der Waals surface area contributed by atoms with Gasteiger partial charge >= 0.3 is 5.97 Å². The summed E-state index contributed by atoms with van der Waals surface area (Å²) in [6.45, 7) is 4.08. The lowest BCUT2D eigenvalue weighted by molar-refractivity contribution is -0.140. The summed E-state index contributed by atoms with van der Waals surface area (Å²) in [5.74, 6) is -0.724. The van der Waals surface area contributed by atoms with E-state index in [1.165, 1.54) is 0 Å². The third-order valence-corrected chi connectivity index (χ3v) is 3.09. The fourth-order valence-corrected chi connectivity index (χ4v) is 1.87. The number of aliphatic carboxylic acids is 1. The van der Waals surface area contributed by atoms with Crippen LogP contribution in [0.15, 0.2) is 0 Å². The summed E-state index contributed by atoms with van der Waals surface area (Å²) in [5.41, 5.74) is 0. The van der Waals surface area contributed by atoms with Gasteiger partial charge in [-0.1, -0.05) is 49.0 Å². The third-order valence-electron chi connectivity index (χ3n) is 1.96. The molecule has 0 rings (SSSR count). The zero-order valence-corrected chi connectivity index (χ0v) is 9.35. The van der Waals surface area contributed by atoms with E-state index >= 15 is 0 Å². The summed E-state index contributed by atoms with van der Waals surface area (Å²) >= 11 is 3.31. The Morgan fingerprint density at radius 1 is 1.33 bits per heavy atom. The first-order chi connectivity index (χ1) is 5.56. The number of carbonyl (C=O) groups is 1. The van der Waals surface area contributed by atoms with E-state index in [9.17, 15) is 4.79 Å². The van der Waals surface area contributed by atoms with Crippen LogP contribution in [0, 0.1) is 0 Å². The second-order valence-corrected chi connectivity index (χ2v) is 4.64. The minimum absolute atomic E-state index is 0.669. The fourth-order valence-electron chi connectivity index (χ4n) is 1.19. The van der Waals surface area contributed by atoms with Gasteiger partial charge in [-0.05, 0) is 12.8 Å². The van der Waals surface area contributed by atoms with Gasteiger partial charge in [0.1, 0.15) is 4.32 Å². The van der Waals surface area contributed by atoms with Gasteiger partial charge in [0.05, 0.1) is 0 Å². The number of rotatable bonds is 6. The Morgan fingerprint density at radius 2 is 1.92 bits per heavy atom. The van der Waals surface area contributed by atoms with Crippen LogP contribution in [0.5, 0.6) is 0 Å². The summed E-state index contributed by atoms with van der Waals surface area (Å²) in [7, 11) is 0. The first kappa shape index (κ1) is 11.9. The van der Waals surface area contributed by atoms with Gasteiger partial charge in [0.15, 0.2) is 0 Å². The van der Waals surface area contributed by atoms with Gasteiger partial charge in [-0.2, -0.15) is 0 Å². The van der Waals surface area contributed by atoms with Crippen LogP contribution >= 0.6 is 15.9 Å². The van der Waals surface area contributed by atoms with Crippen molar-refractivity contribution in [3.8, 4) is 0 Å². The molecule has 0 fully saturated rings. The smallest absolute Gasteiger partial charge is 0.320 e. The van der Waals surface area contributed by atoms with Crippen LogP contribution in [0.4, 0.5) is 0 Å². The number of carboxylic acids is 1. The van der Waals surface area contributed by atoms with Gasteiger partial charge < -0.3 is 5.11 Å². The maximum Gasteiger partial charge on any atom is 0.320 e. The standard InChI is InChI=1S/C9H17BrO2/c1-3-5-7-9(10,6-4-2)8(11)12/h3-7H2,1-2H3,(H,11,12). The molecule has 0 saturated carbocycles. The van der Waals surface area contributed by atoms with E-state index in [1.54, 1.807) is 0 Å². The minimum Gasteiger partial charge on any atom is -0.480 e. The summed E-state index contributed by atoms with van der Waals surface area (Å²) in [6.07, 6.45) is 4.36. The molecule has 0 radical (unpaired) electrons. The van der Waals surface area contributed by atoms with E-state index in [0.717, 1.165) is 25.7 Å².